The molecule has 0 aliphatic carbocycles. The van der Waals surface area contributed by atoms with E-state index < -0.39 is 23.5 Å². The molecule has 0 saturated heterocycles. The Labute approximate surface area is 226 Å². The van der Waals surface area contributed by atoms with E-state index in [4.69, 9.17) is 20.8 Å². The van der Waals surface area contributed by atoms with Crippen LogP contribution in [0.1, 0.15) is 54.1 Å². The standard InChI is InChI=1S/C31H28ClNO5/c1-18-6-5-7-20(14-18)27-26(28(34)25-16-21-15-22(32)10-13-24(21)37-25)29(35)30(36)33(27)17-19-8-11-23(12-9-19)38-31(2,3)4/h5-16,27,35H,17H2,1-4H3. The van der Waals surface area contributed by atoms with Crippen molar-refractivity contribution in [3.05, 3.63) is 112 Å². The minimum atomic E-state index is -0.794. The Morgan fingerprint density at radius 2 is 1.79 bits per heavy atom. The van der Waals surface area contributed by atoms with Gasteiger partial charge in [0.25, 0.3) is 5.91 Å². The smallest absolute Gasteiger partial charge is 0.290 e. The Balaban J connectivity index is 1.52. The second kappa shape index (κ2) is 9.69. The van der Waals surface area contributed by atoms with E-state index in [1.165, 1.54) is 4.90 Å². The number of carbonyl (C=O) groups excluding carboxylic acids is 2. The van der Waals surface area contributed by atoms with Gasteiger partial charge in [0.2, 0.25) is 5.78 Å². The van der Waals surface area contributed by atoms with Gasteiger partial charge in [0.15, 0.2) is 11.5 Å². The minimum Gasteiger partial charge on any atom is -0.503 e. The molecule has 38 heavy (non-hydrogen) atoms. The van der Waals surface area contributed by atoms with Gasteiger partial charge in [0.05, 0.1) is 11.6 Å². The highest BCUT2D eigenvalue weighted by Gasteiger charge is 2.44. The quantitative estimate of drug-likeness (QED) is 0.264. The number of carbonyl (C=O) groups is 2. The number of furan rings is 1. The number of fused-ring (bicyclic) bond motifs is 1. The highest BCUT2D eigenvalue weighted by Crippen LogP contribution is 2.41. The topological polar surface area (TPSA) is 80.0 Å². The fourth-order valence-corrected chi connectivity index (χ4v) is 4.89. The Bertz CT molecular complexity index is 1580. The Morgan fingerprint density at radius 3 is 2.47 bits per heavy atom. The summed E-state index contributed by atoms with van der Waals surface area (Å²) in [6.45, 7) is 8.04. The highest BCUT2D eigenvalue weighted by molar-refractivity contribution is 6.31. The van der Waals surface area contributed by atoms with Crippen LogP contribution in [0.25, 0.3) is 11.0 Å². The summed E-state index contributed by atoms with van der Waals surface area (Å²) < 4.78 is 11.7. The summed E-state index contributed by atoms with van der Waals surface area (Å²) in [5.74, 6) is -1.00. The zero-order valence-corrected chi connectivity index (χ0v) is 22.4. The van der Waals surface area contributed by atoms with Gasteiger partial charge in [-0.05, 0) is 75.2 Å². The van der Waals surface area contributed by atoms with Crippen LogP contribution < -0.4 is 4.74 Å². The molecule has 1 amide bonds. The van der Waals surface area contributed by atoms with E-state index in [2.05, 4.69) is 0 Å². The fourth-order valence-electron chi connectivity index (χ4n) is 4.71. The molecule has 1 aliphatic heterocycles. The van der Waals surface area contributed by atoms with Gasteiger partial charge in [-0.1, -0.05) is 53.6 Å². The number of ketones is 1. The number of hydrogen-bond donors (Lipinski definition) is 1. The van der Waals surface area contributed by atoms with Crippen molar-refractivity contribution in [2.45, 2.75) is 45.9 Å². The molecule has 7 heteroatoms. The van der Waals surface area contributed by atoms with Crippen LogP contribution in [0.4, 0.5) is 0 Å². The molecule has 0 bridgehead atoms. The van der Waals surface area contributed by atoms with Crippen molar-refractivity contribution in [2.24, 2.45) is 0 Å². The molecule has 1 aromatic heterocycles. The minimum absolute atomic E-state index is 0.0153. The number of rotatable bonds is 6. The van der Waals surface area contributed by atoms with E-state index in [-0.39, 0.29) is 23.5 Å². The van der Waals surface area contributed by atoms with Gasteiger partial charge in [0, 0.05) is 17.0 Å². The zero-order valence-electron chi connectivity index (χ0n) is 21.6. The molecule has 1 aliphatic rings. The molecule has 3 aromatic carbocycles. The summed E-state index contributed by atoms with van der Waals surface area (Å²) in [6, 6.07) is 20.9. The molecule has 1 atom stereocenters. The molecule has 6 nitrogen and oxygen atoms in total. The second-order valence-corrected chi connectivity index (χ2v) is 10.9. The molecule has 2 heterocycles. The van der Waals surface area contributed by atoms with E-state index in [0.717, 1.165) is 16.7 Å². The number of hydrogen-bond acceptors (Lipinski definition) is 5. The average Bonchev–Trinajstić information content (AvgIpc) is 3.38. The first kappa shape index (κ1) is 25.6. The molecular weight excluding hydrogens is 502 g/mol. The van der Waals surface area contributed by atoms with Crippen molar-refractivity contribution in [1.82, 2.24) is 4.90 Å². The van der Waals surface area contributed by atoms with Crippen molar-refractivity contribution in [1.29, 1.82) is 0 Å². The van der Waals surface area contributed by atoms with E-state index in [1.54, 1.807) is 24.3 Å². The summed E-state index contributed by atoms with van der Waals surface area (Å²) in [4.78, 5) is 28.7. The summed E-state index contributed by atoms with van der Waals surface area (Å²) in [6.07, 6.45) is 0. The van der Waals surface area contributed by atoms with Crippen LogP contribution in [-0.2, 0) is 11.3 Å². The molecule has 194 valence electrons. The number of ether oxygens (including phenoxy) is 1. The number of halogens is 1. The first-order valence-corrected chi connectivity index (χ1v) is 12.7. The predicted molar refractivity (Wildman–Crippen MR) is 147 cm³/mol. The lowest BCUT2D eigenvalue weighted by Gasteiger charge is -2.27. The lowest BCUT2D eigenvalue weighted by atomic mass is 9.94. The molecule has 0 saturated carbocycles. The number of aliphatic hydroxyl groups is 1. The molecule has 0 radical (unpaired) electrons. The first-order chi connectivity index (χ1) is 18.0. The lowest BCUT2D eigenvalue weighted by molar-refractivity contribution is -0.130. The molecule has 4 aromatic rings. The first-order valence-electron chi connectivity index (χ1n) is 12.3. The fraction of sp³-hybridized carbons (Fsp3) is 0.226. The summed E-state index contributed by atoms with van der Waals surface area (Å²) in [5.41, 5.74) is 2.65. The number of amides is 1. The van der Waals surface area contributed by atoms with Gasteiger partial charge in [-0.2, -0.15) is 0 Å². The molecule has 1 N–H and O–H groups in total. The molecule has 0 spiro atoms. The van der Waals surface area contributed by atoms with Crippen molar-refractivity contribution < 1.29 is 23.8 Å². The lowest BCUT2D eigenvalue weighted by Crippen LogP contribution is -2.30. The Hall–Kier alpha value is -4.03. The zero-order chi connectivity index (χ0) is 27.2. The molecular formula is C31H28ClNO5. The summed E-state index contributed by atoms with van der Waals surface area (Å²) >= 11 is 6.10. The number of Topliss-reactive ketones (excluding diaryl/α,β-unsaturated/α-hetero) is 1. The van der Waals surface area contributed by atoms with Crippen LogP contribution in [-0.4, -0.2) is 27.3 Å². The van der Waals surface area contributed by atoms with Crippen LogP contribution in [0.2, 0.25) is 5.02 Å². The SMILES string of the molecule is Cc1cccc(C2C(C(=O)c3cc4cc(Cl)ccc4o3)=C(O)C(=O)N2Cc2ccc(OC(C)(C)C)cc2)c1. The third-order valence-corrected chi connectivity index (χ3v) is 6.54. The Kier molecular flexibility index (Phi) is 6.53. The van der Waals surface area contributed by atoms with Crippen molar-refractivity contribution in [2.75, 3.05) is 0 Å². The van der Waals surface area contributed by atoms with E-state index in [9.17, 15) is 14.7 Å². The molecule has 1 unspecified atom stereocenters. The van der Waals surface area contributed by atoms with Gasteiger partial charge < -0.3 is 19.2 Å². The van der Waals surface area contributed by atoms with Crippen molar-refractivity contribution in [3.8, 4) is 5.75 Å². The van der Waals surface area contributed by atoms with Crippen molar-refractivity contribution in [3.63, 3.8) is 0 Å². The maximum Gasteiger partial charge on any atom is 0.290 e. The third kappa shape index (κ3) is 5.04. The average molecular weight is 530 g/mol. The van der Waals surface area contributed by atoms with Crippen LogP contribution in [0.5, 0.6) is 5.75 Å². The monoisotopic (exact) mass is 529 g/mol. The van der Waals surface area contributed by atoms with Gasteiger partial charge in [-0.25, -0.2) is 0 Å². The van der Waals surface area contributed by atoms with E-state index in [0.29, 0.717) is 21.7 Å². The molecule has 0 fully saturated rings. The second-order valence-electron chi connectivity index (χ2n) is 10.5. The van der Waals surface area contributed by atoms with Gasteiger partial charge in [-0.3, -0.25) is 9.59 Å². The maximum atomic E-state index is 13.8. The van der Waals surface area contributed by atoms with E-state index in [1.807, 2.05) is 76.2 Å². The number of aryl methyl sites for hydroxylation is 1. The van der Waals surface area contributed by atoms with Crippen LogP contribution >= 0.6 is 11.6 Å². The number of benzene rings is 3. The molecule has 5 rings (SSSR count). The summed E-state index contributed by atoms with van der Waals surface area (Å²) in [7, 11) is 0. The maximum absolute atomic E-state index is 13.8. The highest BCUT2D eigenvalue weighted by atomic mass is 35.5. The number of aliphatic hydroxyl groups excluding tert-OH is 1. The normalized spacial score (nSPS) is 16.0. The van der Waals surface area contributed by atoms with Crippen LogP contribution in [0.3, 0.4) is 0 Å². The predicted octanol–water partition coefficient (Wildman–Crippen LogP) is 7.35. The van der Waals surface area contributed by atoms with Gasteiger partial charge >= 0.3 is 0 Å². The third-order valence-electron chi connectivity index (χ3n) is 6.31. The van der Waals surface area contributed by atoms with Crippen molar-refractivity contribution >= 4 is 34.3 Å². The largest absolute Gasteiger partial charge is 0.503 e. The van der Waals surface area contributed by atoms with Crippen LogP contribution in [0, 0.1) is 6.92 Å². The number of nitrogens with zero attached hydrogens (tertiary/aromatic N) is 1. The van der Waals surface area contributed by atoms with E-state index >= 15 is 0 Å². The van der Waals surface area contributed by atoms with Gasteiger partial charge in [-0.15, -0.1) is 0 Å². The van der Waals surface area contributed by atoms with Crippen LogP contribution in [0.15, 0.2) is 88.5 Å². The van der Waals surface area contributed by atoms with Gasteiger partial charge in [0.1, 0.15) is 16.9 Å². The Morgan fingerprint density at radius 1 is 1.05 bits per heavy atom. The summed E-state index contributed by atoms with van der Waals surface area (Å²) in [5, 5.41) is 12.2.